The fourth-order valence-electron chi connectivity index (χ4n) is 1.39. The van der Waals surface area contributed by atoms with E-state index in [0.29, 0.717) is 5.78 Å². The van der Waals surface area contributed by atoms with Crippen molar-refractivity contribution >= 4 is 23.0 Å². The van der Waals surface area contributed by atoms with Crippen molar-refractivity contribution in [2.24, 2.45) is 5.92 Å². The van der Waals surface area contributed by atoms with Gasteiger partial charge in [-0.3, -0.25) is 4.79 Å². The molecule has 1 aliphatic rings. The normalized spacial score (nSPS) is 25.2. The molecule has 1 N–H and O–H groups in total. The zero-order chi connectivity index (χ0) is 12.3. The molecule has 1 atom stereocenters. The number of ketones is 1. The quantitative estimate of drug-likeness (QED) is 0.671. The van der Waals surface area contributed by atoms with Gasteiger partial charge in [-0.2, -0.15) is 0 Å². The third-order valence-electron chi connectivity index (χ3n) is 1.97. The van der Waals surface area contributed by atoms with Gasteiger partial charge in [0.2, 0.25) is 0 Å². The number of rotatable bonds is 2. The first kappa shape index (κ1) is 6.12. The van der Waals surface area contributed by atoms with Gasteiger partial charge in [0, 0.05) is 20.3 Å². The van der Waals surface area contributed by atoms with Gasteiger partial charge < -0.3 is 5.32 Å². The van der Waals surface area contributed by atoms with Crippen molar-refractivity contribution < 1.29 is 12.2 Å². The molecule has 0 heterocycles. The number of thiocarbonyl (C=S) groups is 1. The summed E-state index contributed by atoms with van der Waals surface area (Å²) in [6.07, 6.45) is 2.68. The summed E-state index contributed by atoms with van der Waals surface area (Å²) in [5, 5.41) is 3.03. The van der Waals surface area contributed by atoms with Gasteiger partial charge >= 0.3 is 0 Å². The average Bonchev–Trinajstić information content (AvgIpc) is 2.71. The Morgan fingerprint density at radius 1 is 2.00 bits per heavy atom. The second-order valence-electron chi connectivity index (χ2n) is 2.81. The van der Waals surface area contributed by atoms with E-state index in [0.717, 1.165) is 30.8 Å². The third-order valence-corrected chi connectivity index (χ3v) is 2.40. The van der Waals surface area contributed by atoms with Crippen LogP contribution < -0.4 is 5.32 Å². The molecule has 0 aromatic rings. The van der Waals surface area contributed by atoms with Gasteiger partial charge in [-0.05, 0) is 19.8 Å². The van der Waals surface area contributed by atoms with Gasteiger partial charge in [0.25, 0.3) is 0 Å². The molecule has 1 unspecified atom stereocenters. The molecule has 1 fully saturated rings. The van der Waals surface area contributed by atoms with Gasteiger partial charge in [-0.25, -0.2) is 0 Å². The van der Waals surface area contributed by atoms with Gasteiger partial charge in [0.15, 0.2) is 0 Å². The average molecular weight is 187 g/mol. The van der Waals surface area contributed by atoms with Crippen molar-refractivity contribution in [3.8, 4) is 0 Å². The van der Waals surface area contributed by atoms with Crippen molar-refractivity contribution in [2.75, 3.05) is 6.54 Å². The fourth-order valence-corrected chi connectivity index (χ4v) is 1.78. The van der Waals surface area contributed by atoms with E-state index in [9.17, 15) is 4.79 Å². The highest BCUT2D eigenvalue weighted by Crippen LogP contribution is 2.21. The first-order valence-corrected chi connectivity index (χ1v) is 4.47. The predicted molar refractivity (Wildman–Crippen MR) is 55.0 cm³/mol. The lowest BCUT2D eigenvalue weighted by molar-refractivity contribution is -0.118. The summed E-state index contributed by atoms with van der Waals surface area (Å²) in [6.45, 7) is 2.81. The zero-order valence-electron chi connectivity index (χ0n) is 10.7. The van der Waals surface area contributed by atoms with E-state index in [4.69, 9.17) is 18.2 Å². The fraction of sp³-hybridized carbons (Fsp3) is 0.750. The van der Waals surface area contributed by atoms with Crippen LogP contribution in [0.5, 0.6) is 0 Å². The van der Waals surface area contributed by atoms with Crippen molar-refractivity contribution in [2.45, 2.75) is 26.2 Å². The molecule has 1 rings (SSSR count). The Morgan fingerprint density at radius 2 is 2.73 bits per heavy atom. The van der Waals surface area contributed by atoms with E-state index in [1.807, 2.05) is 6.92 Å². The second-order valence-corrected chi connectivity index (χ2v) is 3.25. The summed E-state index contributed by atoms with van der Waals surface area (Å²) in [4.78, 5) is 11.9. The van der Waals surface area contributed by atoms with Crippen LogP contribution in [0.4, 0.5) is 0 Å². The third kappa shape index (κ3) is 1.99. The first-order chi connectivity index (χ1) is 7.25. The van der Waals surface area contributed by atoms with Crippen LogP contribution >= 0.6 is 12.2 Å². The number of carbonyl (C=O) groups excluding carboxylic acids is 1. The molecule has 0 aliphatic heterocycles. The summed E-state index contributed by atoms with van der Waals surface area (Å²) in [7, 11) is 0. The smallest absolute Gasteiger partial charge is 0.142 e. The zero-order valence-corrected chi connectivity index (χ0v) is 7.54. The largest absolute Gasteiger partial charge is 0.379 e. The van der Waals surface area contributed by atoms with E-state index >= 15 is 0 Å². The van der Waals surface area contributed by atoms with Crippen LogP contribution in [0.2, 0.25) is 0 Å². The lowest BCUT2D eigenvalue weighted by atomic mass is 10.1. The predicted octanol–water partition coefficient (Wildman–Crippen LogP) is 2.03. The van der Waals surface area contributed by atoms with Crippen LogP contribution in [0, 0.1) is 5.92 Å². The number of nitrogens with one attached hydrogen (secondary N) is 1. The topological polar surface area (TPSA) is 29.1 Å². The summed E-state index contributed by atoms with van der Waals surface area (Å²) >= 11 is 5.06. The number of Topliss-reactive ketones (excluding diaryl/α,β-unsaturated/α-hetero) is 1. The minimum Gasteiger partial charge on any atom is -0.379 e. The Kier molecular flexibility index (Phi) is 2.12. The highest BCUT2D eigenvalue weighted by Gasteiger charge is 2.27. The molecule has 0 spiro atoms. The maximum atomic E-state index is 11.2. The van der Waals surface area contributed by atoms with Crippen LogP contribution in [0.1, 0.15) is 33.6 Å². The Bertz CT molecular complexity index is 193. The number of hydrogen-bond donors (Lipinski definition) is 1. The van der Waals surface area contributed by atoms with Gasteiger partial charge in [0.05, 0.1) is 10.9 Å². The standard InChI is InChI=1S/C8H13NOS.3H2/c1-2-9-8(11)6-4-3-5-7(6)10;;;/h6H,2-5H2,1H3,(H,9,11);3*1H/i;2*1+2T;1+2. The Balaban J connectivity index is -0.000000305. The summed E-state index contributed by atoms with van der Waals surface area (Å²) < 4.78 is 20.0. The van der Waals surface area contributed by atoms with Crippen LogP contribution in [0.3, 0.4) is 0 Å². The van der Waals surface area contributed by atoms with Gasteiger partial charge in [-0.15, -0.1) is 0 Å². The highest BCUT2D eigenvalue weighted by atomic mass is 32.1. The Hall–Kier alpha value is -0.440. The van der Waals surface area contributed by atoms with Crippen LogP contribution in [0.25, 0.3) is 0 Å². The molecule has 2 nitrogen and oxygen atoms in total. The van der Waals surface area contributed by atoms with Crippen LogP contribution in [-0.2, 0) is 4.79 Å². The molecular weight excluding hydrogens is 158 g/mol. The van der Waals surface area contributed by atoms with Crippen molar-refractivity contribution in [1.82, 2.24) is 5.32 Å². The number of hydrogen-bond acceptors (Lipinski definition) is 2. The molecule has 11 heavy (non-hydrogen) atoms. The first-order valence-electron chi connectivity index (χ1n) is 6.06. The maximum absolute atomic E-state index is 11.2. The summed E-state index contributed by atoms with van der Waals surface area (Å²) in [5.41, 5.74) is 0. The molecule has 1 saturated carbocycles. The van der Waals surface area contributed by atoms with Crippen molar-refractivity contribution in [3.05, 3.63) is 0 Å². The molecule has 0 aromatic heterocycles. The second kappa shape index (κ2) is 3.81. The molecule has 0 aromatic carbocycles. The SMILES string of the molecule is CCNC(=S)C1CCCC1=O.[3HH].[3H][3H].[3H][3H]. The molecule has 1 aliphatic carbocycles. The molecule has 68 valence electrons. The maximum Gasteiger partial charge on any atom is 0.142 e. The van der Waals surface area contributed by atoms with Gasteiger partial charge in [-0.1, -0.05) is 12.2 Å². The highest BCUT2D eigenvalue weighted by molar-refractivity contribution is 7.80. The van der Waals surface area contributed by atoms with E-state index in [1.165, 1.54) is 0 Å². The lowest BCUT2D eigenvalue weighted by Gasteiger charge is -2.09. The minimum absolute atomic E-state index is 0. The Labute approximate surface area is 80.0 Å². The van der Waals surface area contributed by atoms with Crippen LogP contribution in [0.15, 0.2) is 0 Å². The van der Waals surface area contributed by atoms with E-state index < -0.39 is 0 Å². The molecule has 3 heteroatoms. The molecular formula is C8H19NOS. The summed E-state index contributed by atoms with van der Waals surface area (Å²) in [6, 6.07) is 0. The molecule has 0 bridgehead atoms. The van der Waals surface area contributed by atoms with Crippen molar-refractivity contribution in [3.63, 3.8) is 0 Å². The van der Waals surface area contributed by atoms with Crippen LogP contribution in [-0.4, -0.2) is 17.3 Å². The molecule has 0 amide bonds. The van der Waals surface area contributed by atoms with Gasteiger partial charge in [0.1, 0.15) is 5.78 Å². The minimum atomic E-state index is 0. The monoisotopic (exact) mass is 187 g/mol. The van der Waals surface area contributed by atoms with Crippen molar-refractivity contribution in [1.29, 1.82) is 0 Å². The molecule has 0 saturated heterocycles. The summed E-state index contributed by atoms with van der Waals surface area (Å²) in [5.74, 6) is 0.348. The molecule has 0 radical (unpaired) electrons. The lowest BCUT2D eigenvalue weighted by Crippen LogP contribution is -2.30. The Morgan fingerprint density at radius 3 is 3.18 bits per heavy atom. The van der Waals surface area contributed by atoms with E-state index in [2.05, 4.69) is 5.32 Å². The van der Waals surface area contributed by atoms with E-state index in [-0.39, 0.29) is 7.34 Å². The number of carbonyl (C=O) groups is 1. The van der Waals surface area contributed by atoms with E-state index in [1.54, 1.807) is 0 Å².